The first kappa shape index (κ1) is 13.9. The van der Waals surface area contributed by atoms with Crippen molar-refractivity contribution in [3.05, 3.63) is 33.2 Å². The van der Waals surface area contributed by atoms with E-state index < -0.39 is 0 Å². The number of fused-ring (bicyclic) bond motifs is 2. The van der Waals surface area contributed by atoms with Gasteiger partial charge in [-0.25, -0.2) is 0 Å². The summed E-state index contributed by atoms with van der Waals surface area (Å²) in [6.45, 7) is 4.09. The lowest BCUT2D eigenvalue weighted by molar-refractivity contribution is 0.108. The van der Waals surface area contributed by atoms with Gasteiger partial charge in [-0.05, 0) is 42.6 Å². The Kier molecular flexibility index (Phi) is 3.96. The fraction of sp³-hybridized carbons (Fsp3) is 0.357. The van der Waals surface area contributed by atoms with Gasteiger partial charge in [-0.2, -0.15) is 0 Å². The van der Waals surface area contributed by atoms with E-state index in [0.29, 0.717) is 5.56 Å². The first-order valence-electron chi connectivity index (χ1n) is 6.05. The molecule has 0 aromatic heterocycles. The Morgan fingerprint density at radius 2 is 1.95 bits per heavy atom. The molecule has 0 saturated heterocycles. The minimum absolute atomic E-state index is 0.352. The normalized spacial score (nSPS) is 18.1. The van der Waals surface area contributed by atoms with Crippen molar-refractivity contribution >= 4 is 57.0 Å². The molecule has 0 bridgehead atoms. The quantitative estimate of drug-likeness (QED) is 0.679. The highest BCUT2D eigenvalue weighted by Crippen LogP contribution is 2.51. The van der Waals surface area contributed by atoms with E-state index in [2.05, 4.69) is 6.92 Å². The largest absolute Gasteiger partial charge is 0.276 e. The number of carbonyl (C=O) groups is 1. The first-order chi connectivity index (χ1) is 9.09. The summed E-state index contributed by atoms with van der Waals surface area (Å²) in [5, 5.41) is -0.352. The molecule has 100 valence electrons. The van der Waals surface area contributed by atoms with Crippen LogP contribution in [-0.4, -0.2) is 22.5 Å². The molecule has 1 aromatic rings. The van der Waals surface area contributed by atoms with Crippen LogP contribution in [0, 0.1) is 13.8 Å². The van der Waals surface area contributed by atoms with Crippen LogP contribution in [0.1, 0.15) is 27.0 Å². The number of hydrogen-bond acceptors (Lipinski definition) is 4. The minimum atomic E-state index is -0.352. The number of rotatable bonds is 1. The smallest absolute Gasteiger partial charge is 0.252 e. The summed E-state index contributed by atoms with van der Waals surface area (Å²) in [6, 6.07) is 1.93. The Bertz CT molecular complexity index is 607. The molecule has 19 heavy (non-hydrogen) atoms. The van der Waals surface area contributed by atoms with Crippen LogP contribution in [0.25, 0.3) is 4.91 Å². The number of thioether (sulfide) groups is 3. The van der Waals surface area contributed by atoms with Gasteiger partial charge in [-0.3, -0.25) is 4.79 Å². The van der Waals surface area contributed by atoms with Gasteiger partial charge in [0.05, 0.1) is 0 Å². The third kappa shape index (κ3) is 2.37. The van der Waals surface area contributed by atoms with Crippen molar-refractivity contribution in [1.82, 2.24) is 0 Å². The second kappa shape index (κ2) is 5.40. The summed E-state index contributed by atoms with van der Waals surface area (Å²) in [6.07, 6.45) is 0. The zero-order chi connectivity index (χ0) is 13.6. The molecule has 0 fully saturated rings. The van der Waals surface area contributed by atoms with Gasteiger partial charge in [0.2, 0.25) is 0 Å². The highest BCUT2D eigenvalue weighted by molar-refractivity contribution is 8.14. The summed E-state index contributed by atoms with van der Waals surface area (Å²) in [5.74, 6) is 3.39. The van der Waals surface area contributed by atoms with E-state index in [4.69, 9.17) is 11.6 Å². The van der Waals surface area contributed by atoms with Crippen LogP contribution >= 0.6 is 46.9 Å². The topological polar surface area (TPSA) is 17.1 Å². The van der Waals surface area contributed by atoms with Crippen LogP contribution in [0.2, 0.25) is 0 Å². The van der Waals surface area contributed by atoms with Crippen LogP contribution in [0.4, 0.5) is 0 Å². The molecule has 0 atom stereocenters. The molecule has 0 amide bonds. The van der Waals surface area contributed by atoms with Crippen molar-refractivity contribution in [2.75, 3.05) is 17.3 Å². The molecular formula is C14H13ClOS3. The Hall–Kier alpha value is -0.0300. The number of carbonyl (C=O) groups excluding carboxylic acids is 1. The summed E-state index contributed by atoms with van der Waals surface area (Å²) in [5.41, 5.74) is 4.11. The van der Waals surface area contributed by atoms with E-state index in [0.717, 1.165) is 22.6 Å². The van der Waals surface area contributed by atoms with Crippen LogP contribution in [0.5, 0.6) is 0 Å². The molecule has 1 nitrogen and oxygen atoms in total. The fourth-order valence-electron chi connectivity index (χ4n) is 2.47. The van der Waals surface area contributed by atoms with E-state index in [-0.39, 0.29) is 5.24 Å². The summed E-state index contributed by atoms with van der Waals surface area (Å²) < 4.78 is 0. The number of hydrogen-bond donors (Lipinski definition) is 0. The van der Waals surface area contributed by atoms with Crippen molar-refractivity contribution in [2.24, 2.45) is 0 Å². The van der Waals surface area contributed by atoms with Gasteiger partial charge in [0, 0.05) is 43.1 Å². The SMILES string of the molecule is Cc1cc(C(=O)Cl)c(C)c2c1SCC1=C2SCCS1. The summed E-state index contributed by atoms with van der Waals surface area (Å²) >= 11 is 11.5. The van der Waals surface area contributed by atoms with Crippen molar-refractivity contribution in [2.45, 2.75) is 18.7 Å². The molecule has 0 N–H and O–H groups in total. The van der Waals surface area contributed by atoms with Gasteiger partial charge in [-0.15, -0.1) is 35.3 Å². The predicted molar refractivity (Wildman–Crippen MR) is 88.7 cm³/mol. The lowest BCUT2D eigenvalue weighted by Gasteiger charge is -2.28. The van der Waals surface area contributed by atoms with Gasteiger partial charge in [-0.1, -0.05) is 0 Å². The van der Waals surface area contributed by atoms with Gasteiger partial charge in [0.25, 0.3) is 5.24 Å². The van der Waals surface area contributed by atoms with Gasteiger partial charge in [0.1, 0.15) is 0 Å². The van der Waals surface area contributed by atoms with Crippen molar-refractivity contribution in [3.8, 4) is 0 Å². The minimum Gasteiger partial charge on any atom is -0.276 e. The zero-order valence-electron chi connectivity index (χ0n) is 10.7. The third-order valence-electron chi connectivity index (χ3n) is 3.37. The third-order valence-corrected chi connectivity index (χ3v) is 7.65. The fourth-order valence-corrected chi connectivity index (χ4v) is 6.77. The van der Waals surface area contributed by atoms with Crippen LogP contribution in [0.3, 0.4) is 0 Å². The molecule has 0 saturated carbocycles. The average Bonchev–Trinajstić information content (AvgIpc) is 2.41. The van der Waals surface area contributed by atoms with Crippen LogP contribution in [0.15, 0.2) is 15.9 Å². The maximum absolute atomic E-state index is 11.6. The van der Waals surface area contributed by atoms with Crippen LogP contribution in [-0.2, 0) is 0 Å². The zero-order valence-corrected chi connectivity index (χ0v) is 13.9. The Balaban J connectivity index is 2.27. The van der Waals surface area contributed by atoms with E-state index >= 15 is 0 Å². The van der Waals surface area contributed by atoms with Crippen molar-refractivity contribution < 1.29 is 4.79 Å². The molecule has 2 heterocycles. The maximum atomic E-state index is 11.6. The van der Waals surface area contributed by atoms with E-state index in [1.807, 2.05) is 48.3 Å². The molecular weight excluding hydrogens is 316 g/mol. The number of benzene rings is 1. The Labute approximate surface area is 130 Å². The molecule has 0 unspecified atom stereocenters. The van der Waals surface area contributed by atoms with Crippen molar-refractivity contribution in [3.63, 3.8) is 0 Å². The van der Waals surface area contributed by atoms with Crippen molar-refractivity contribution in [1.29, 1.82) is 0 Å². The molecule has 1 aromatic carbocycles. The Morgan fingerprint density at radius 3 is 2.68 bits per heavy atom. The molecule has 0 radical (unpaired) electrons. The van der Waals surface area contributed by atoms with Gasteiger partial charge >= 0.3 is 0 Å². The Morgan fingerprint density at radius 1 is 1.21 bits per heavy atom. The maximum Gasteiger partial charge on any atom is 0.252 e. The monoisotopic (exact) mass is 328 g/mol. The molecule has 2 aliphatic heterocycles. The standard InChI is InChI=1S/C14H13ClOS3/c1-7-5-9(14(15)16)8(2)11-12(7)19-6-10-13(11)18-4-3-17-10/h5H,3-4,6H2,1-2H3. The lowest BCUT2D eigenvalue weighted by Crippen LogP contribution is -2.10. The lowest BCUT2D eigenvalue weighted by atomic mass is 9.98. The first-order valence-corrected chi connectivity index (χ1v) is 9.39. The van der Waals surface area contributed by atoms with Crippen LogP contribution < -0.4 is 0 Å². The summed E-state index contributed by atoms with van der Waals surface area (Å²) in [4.78, 5) is 15.8. The highest BCUT2D eigenvalue weighted by Gasteiger charge is 2.27. The number of aryl methyl sites for hydroxylation is 1. The molecule has 0 aliphatic carbocycles. The van der Waals surface area contributed by atoms with E-state index in [1.165, 1.54) is 26.0 Å². The molecule has 3 rings (SSSR count). The highest BCUT2D eigenvalue weighted by atomic mass is 35.5. The van der Waals surface area contributed by atoms with E-state index in [1.54, 1.807) is 0 Å². The molecule has 5 heteroatoms. The predicted octanol–water partition coefficient (Wildman–Crippen LogP) is 4.94. The molecule has 2 aliphatic rings. The van der Waals surface area contributed by atoms with E-state index in [9.17, 15) is 4.79 Å². The second-order valence-corrected chi connectivity index (χ2v) is 8.21. The van der Waals surface area contributed by atoms with Gasteiger partial charge < -0.3 is 0 Å². The molecule has 0 spiro atoms. The number of halogens is 1. The average molecular weight is 329 g/mol. The summed E-state index contributed by atoms with van der Waals surface area (Å²) in [7, 11) is 0. The van der Waals surface area contributed by atoms with Gasteiger partial charge in [0.15, 0.2) is 0 Å². The second-order valence-electron chi connectivity index (χ2n) is 4.58.